The van der Waals surface area contributed by atoms with Gasteiger partial charge in [-0.3, -0.25) is 9.59 Å². The number of nitrogens with zero attached hydrogens (tertiary/aromatic N) is 1. The van der Waals surface area contributed by atoms with Crippen LogP contribution in [0, 0.1) is 0 Å². The normalized spacial score (nSPS) is 18.5. The Morgan fingerprint density at radius 3 is 2.57 bits per heavy atom. The summed E-state index contributed by atoms with van der Waals surface area (Å²) in [6.07, 6.45) is 2.42. The number of benzene rings is 1. The highest BCUT2D eigenvalue weighted by atomic mass is 35.5. The molecule has 0 unspecified atom stereocenters. The van der Waals surface area contributed by atoms with E-state index < -0.39 is 0 Å². The molecule has 2 N–H and O–H groups in total. The van der Waals surface area contributed by atoms with Gasteiger partial charge in [0.15, 0.2) is 0 Å². The van der Waals surface area contributed by atoms with Crippen LogP contribution >= 0.6 is 11.6 Å². The SMILES string of the molecule is O=C1Cc2ccccc2N1.O=C1Nc2nc(Cl)ccc2C12CC2. The highest BCUT2D eigenvalue weighted by Gasteiger charge is 2.56. The Labute approximate surface area is 138 Å². The Balaban J connectivity index is 0.000000122. The summed E-state index contributed by atoms with van der Waals surface area (Å²) in [6, 6.07) is 11.4. The van der Waals surface area contributed by atoms with Gasteiger partial charge in [-0.05, 0) is 30.5 Å². The quantitative estimate of drug-likeness (QED) is 0.731. The van der Waals surface area contributed by atoms with Crippen LogP contribution in [0.25, 0.3) is 0 Å². The van der Waals surface area contributed by atoms with Crippen LogP contribution in [0.4, 0.5) is 11.5 Å². The highest BCUT2D eigenvalue weighted by Crippen LogP contribution is 2.54. The molecule has 3 heterocycles. The summed E-state index contributed by atoms with van der Waals surface area (Å²) in [7, 11) is 0. The lowest BCUT2D eigenvalue weighted by Gasteiger charge is -2.01. The number of pyridine rings is 1. The van der Waals surface area contributed by atoms with Crippen LogP contribution in [0.1, 0.15) is 24.0 Å². The van der Waals surface area contributed by atoms with E-state index in [1.165, 1.54) is 0 Å². The third-order valence-electron chi connectivity index (χ3n) is 4.44. The van der Waals surface area contributed by atoms with E-state index in [1.54, 1.807) is 6.07 Å². The molecule has 2 amide bonds. The van der Waals surface area contributed by atoms with E-state index in [0.29, 0.717) is 17.4 Å². The molecule has 5 nitrogen and oxygen atoms in total. The number of para-hydroxylation sites is 1. The van der Waals surface area contributed by atoms with E-state index in [2.05, 4.69) is 15.6 Å². The summed E-state index contributed by atoms with van der Waals surface area (Å²) in [4.78, 5) is 26.4. The molecule has 2 aromatic rings. The number of nitrogens with one attached hydrogen (secondary N) is 2. The van der Waals surface area contributed by atoms with Gasteiger partial charge in [0.1, 0.15) is 11.0 Å². The maximum absolute atomic E-state index is 11.5. The molecule has 116 valence electrons. The minimum atomic E-state index is -0.243. The molecule has 5 rings (SSSR count). The Hall–Kier alpha value is -2.40. The van der Waals surface area contributed by atoms with Gasteiger partial charge in [-0.1, -0.05) is 35.9 Å². The van der Waals surface area contributed by atoms with Gasteiger partial charge in [0, 0.05) is 11.3 Å². The number of fused-ring (bicyclic) bond motifs is 3. The third kappa shape index (κ3) is 2.37. The average molecular weight is 328 g/mol. The van der Waals surface area contributed by atoms with Gasteiger partial charge < -0.3 is 10.6 Å². The van der Waals surface area contributed by atoms with E-state index in [9.17, 15) is 9.59 Å². The first-order valence-corrected chi connectivity index (χ1v) is 7.82. The van der Waals surface area contributed by atoms with Crippen molar-refractivity contribution in [1.82, 2.24) is 4.98 Å². The molecule has 1 fully saturated rings. The van der Waals surface area contributed by atoms with Crippen LogP contribution in [-0.4, -0.2) is 16.8 Å². The number of rotatable bonds is 0. The van der Waals surface area contributed by atoms with Crippen molar-refractivity contribution in [2.45, 2.75) is 24.7 Å². The first kappa shape index (κ1) is 14.2. The van der Waals surface area contributed by atoms with Crippen LogP contribution in [0.15, 0.2) is 36.4 Å². The van der Waals surface area contributed by atoms with E-state index in [1.807, 2.05) is 30.3 Å². The molecule has 1 saturated carbocycles. The van der Waals surface area contributed by atoms with Crippen molar-refractivity contribution in [2.75, 3.05) is 10.6 Å². The second kappa shape index (κ2) is 5.06. The number of amides is 2. The molecule has 2 aliphatic heterocycles. The first-order valence-electron chi connectivity index (χ1n) is 7.45. The maximum atomic E-state index is 11.5. The molecule has 0 radical (unpaired) electrons. The van der Waals surface area contributed by atoms with Crippen LogP contribution in [0.3, 0.4) is 0 Å². The molecule has 0 atom stereocenters. The highest BCUT2D eigenvalue weighted by molar-refractivity contribution is 6.29. The molecular weight excluding hydrogens is 314 g/mol. The Bertz CT molecular complexity index is 803. The summed E-state index contributed by atoms with van der Waals surface area (Å²) in [5.41, 5.74) is 2.84. The fourth-order valence-electron chi connectivity index (χ4n) is 3.05. The molecule has 1 spiro atoms. The summed E-state index contributed by atoms with van der Waals surface area (Å²) in [5, 5.41) is 5.94. The van der Waals surface area contributed by atoms with Crippen molar-refractivity contribution in [2.24, 2.45) is 0 Å². The van der Waals surface area contributed by atoms with E-state index in [-0.39, 0.29) is 17.2 Å². The topological polar surface area (TPSA) is 71.1 Å². The van der Waals surface area contributed by atoms with Gasteiger partial charge in [0.25, 0.3) is 0 Å². The average Bonchev–Trinajstić information content (AvgIpc) is 3.16. The molecule has 0 saturated heterocycles. The summed E-state index contributed by atoms with van der Waals surface area (Å²) < 4.78 is 0. The lowest BCUT2D eigenvalue weighted by Crippen LogP contribution is -2.18. The van der Waals surface area contributed by atoms with Crippen molar-refractivity contribution < 1.29 is 9.59 Å². The second-order valence-corrected chi connectivity index (χ2v) is 6.34. The van der Waals surface area contributed by atoms with Crippen molar-refractivity contribution >= 4 is 34.9 Å². The fraction of sp³-hybridized carbons (Fsp3) is 0.235. The molecular formula is C17H14ClN3O2. The molecule has 1 aliphatic carbocycles. The summed E-state index contributed by atoms with van der Waals surface area (Å²) in [5.74, 6) is 0.827. The Morgan fingerprint density at radius 2 is 1.83 bits per heavy atom. The van der Waals surface area contributed by atoms with Crippen LogP contribution in [-0.2, 0) is 21.4 Å². The monoisotopic (exact) mass is 327 g/mol. The van der Waals surface area contributed by atoms with E-state index in [0.717, 1.165) is 29.7 Å². The Morgan fingerprint density at radius 1 is 1.04 bits per heavy atom. The van der Waals surface area contributed by atoms with Gasteiger partial charge in [0.05, 0.1) is 11.8 Å². The Kier molecular flexibility index (Phi) is 3.13. The predicted molar refractivity (Wildman–Crippen MR) is 87.6 cm³/mol. The van der Waals surface area contributed by atoms with Gasteiger partial charge in [-0.15, -0.1) is 0 Å². The number of anilines is 2. The van der Waals surface area contributed by atoms with Crippen molar-refractivity contribution in [3.63, 3.8) is 0 Å². The smallest absolute Gasteiger partial charge is 0.236 e. The van der Waals surface area contributed by atoms with E-state index in [4.69, 9.17) is 11.6 Å². The van der Waals surface area contributed by atoms with Crippen molar-refractivity contribution in [3.8, 4) is 0 Å². The van der Waals surface area contributed by atoms with Crippen LogP contribution in [0.5, 0.6) is 0 Å². The zero-order valence-electron chi connectivity index (χ0n) is 12.2. The third-order valence-corrected chi connectivity index (χ3v) is 4.65. The number of carbonyl (C=O) groups excluding carboxylic acids is 2. The summed E-state index contributed by atoms with van der Waals surface area (Å²) in [6.45, 7) is 0. The molecule has 23 heavy (non-hydrogen) atoms. The molecule has 6 heteroatoms. The molecule has 1 aromatic heterocycles. The first-order chi connectivity index (χ1) is 11.1. The maximum Gasteiger partial charge on any atom is 0.236 e. The number of halogens is 1. The predicted octanol–water partition coefficient (Wildman–Crippen LogP) is 2.90. The minimum absolute atomic E-state index is 0.0808. The van der Waals surface area contributed by atoms with Crippen LogP contribution in [0.2, 0.25) is 5.15 Å². The van der Waals surface area contributed by atoms with Gasteiger partial charge in [-0.25, -0.2) is 4.98 Å². The van der Waals surface area contributed by atoms with Crippen molar-refractivity contribution in [1.29, 1.82) is 0 Å². The van der Waals surface area contributed by atoms with Gasteiger partial charge >= 0.3 is 0 Å². The molecule has 1 aromatic carbocycles. The van der Waals surface area contributed by atoms with Crippen molar-refractivity contribution in [3.05, 3.63) is 52.7 Å². The number of hydrogen-bond acceptors (Lipinski definition) is 3. The lowest BCUT2D eigenvalue weighted by molar-refractivity contribution is -0.118. The second-order valence-electron chi connectivity index (χ2n) is 5.95. The van der Waals surface area contributed by atoms with E-state index >= 15 is 0 Å². The number of hydrogen-bond donors (Lipinski definition) is 2. The largest absolute Gasteiger partial charge is 0.326 e. The standard InChI is InChI=1S/C9H7ClN2O.C8H7NO/c10-6-2-1-5-7(11-6)12-8(13)9(5)3-4-9;10-8-5-6-3-1-2-4-7(6)9-8/h1-2H,3-4H2,(H,11,12,13);1-4H,5H2,(H,9,10). The van der Waals surface area contributed by atoms with Gasteiger partial charge in [0.2, 0.25) is 11.8 Å². The number of aromatic nitrogens is 1. The van der Waals surface area contributed by atoms with Crippen LogP contribution < -0.4 is 10.6 Å². The molecule has 0 bridgehead atoms. The van der Waals surface area contributed by atoms with Gasteiger partial charge in [-0.2, -0.15) is 0 Å². The molecule has 3 aliphatic rings. The fourth-order valence-corrected chi connectivity index (χ4v) is 3.20. The minimum Gasteiger partial charge on any atom is -0.326 e. The summed E-state index contributed by atoms with van der Waals surface area (Å²) >= 11 is 5.72. The zero-order chi connectivity index (χ0) is 16.0. The lowest BCUT2D eigenvalue weighted by atomic mass is 10.00. The zero-order valence-corrected chi connectivity index (χ0v) is 13.0. The number of carbonyl (C=O) groups is 2.